The van der Waals surface area contributed by atoms with Gasteiger partial charge in [0.25, 0.3) is 0 Å². The van der Waals surface area contributed by atoms with Gasteiger partial charge in [-0.15, -0.1) is 0 Å². The average Bonchev–Trinajstić information content (AvgIpc) is 3.29. The molecule has 3 fully saturated rings. The molecule has 6 rings (SSSR count). The highest BCUT2D eigenvalue weighted by atomic mass is 16.7. The van der Waals surface area contributed by atoms with Gasteiger partial charge < -0.3 is 9.84 Å². The molecule has 1 N–H and O–H groups in total. The van der Waals surface area contributed by atoms with Gasteiger partial charge in [0.1, 0.15) is 5.60 Å². The first-order valence-corrected chi connectivity index (χ1v) is 9.84. The maximum absolute atomic E-state index is 11.6. The van der Waals surface area contributed by atoms with Gasteiger partial charge in [-0.3, -0.25) is 0 Å². The van der Waals surface area contributed by atoms with Crippen molar-refractivity contribution in [3.8, 4) is 0 Å². The molecule has 0 spiro atoms. The zero-order valence-electron chi connectivity index (χ0n) is 14.7. The maximum atomic E-state index is 11.6. The summed E-state index contributed by atoms with van der Waals surface area (Å²) in [5.74, 6) is 1.64. The number of carbonyl (C=O) groups is 1. The van der Waals surface area contributed by atoms with Crippen molar-refractivity contribution < 1.29 is 14.6 Å². The van der Waals surface area contributed by atoms with Crippen molar-refractivity contribution in [3.05, 3.63) is 58.7 Å². The Morgan fingerprint density at radius 1 is 1.19 bits per heavy atom. The van der Waals surface area contributed by atoms with Crippen LogP contribution in [0.2, 0.25) is 0 Å². The van der Waals surface area contributed by atoms with Crippen LogP contribution in [0, 0.1) is 17.8 Å². The van der Waals surface area contributed by atoms with Crippen LogP contribution in [0.3, 0.4) is 0 Å². The van der Waals surface area contributed by atoms with Gasteiger partial charge in [0.2, 0.25) is 0 Å². The molecule has 5 aliphatic rings. The smallest absolute Gasteiger partial charge is 0.450 e. The van der Waals surface area contributed by atoms with Crippen LogP contribution >= 0.6 is 0 Å². The minimum Gasteiger partial charge on any atom is -0.450 e. The highest BCUT2D eigenvalue weighted by Gasteiger charge is 2.64. The van der Waals surface area contributed by atoms with E-state index in [-0.39, 0.29) is 0 Å². The average molecular weight is 346 g/mol. The lowest BCUT2D eigenvalue weighted by atomic mass is 9.68. The first kappa shape index (κ1) is 14.8. The van der Waals surface area contributed by atoms with Crippen LogP contribution in [0.4, 0.5) is 4.79 Å². The third-order valence-electron chi connectivity index (χ3n) is 7.61. The fourth-order valence-electron chi connectivity index (χ4n) is 6.85. The second-order valence-corrected chi connectivity index (χ2v) is 8.52. The van der Waals surface area contributed by atoms with Crippen molar-refractivity contribution in [2.24, 2.45) is 17.8 Å². The normalized spacial score (nSPS) is 38.7. The van der Waals surface area contributed by atoms with Crippen molar-refractivity contribution in [2.45, 2.75) is 44.1 Å². The fourth-order valence-corrected chi connectivity index (χ4v) is 6.85. The molecular formula is C23H22O3. The molecule has 26 heavy (non-hydrogen) atoms. The fraction of sp³-hybridized carbons (Fsp3) is 0.435. The van der Waals surface area contributed by atoms with E-state index in [2.05, 4.69) is 36.4 Å². The predicted molar refractivity (Wildman–Crippen MR) is 99.4 cm³/mol. The van der Waals surface area contributed by atoms with Crippen LogP contribution in [0.1, 0.15) is 49.7 Å². The summed E-state index contributed by atoms with van der Waals surface area (Å²) in [5.41, 5.74) is 7.42. The SMILES string of the molecule is O=C(O)OC12CC(CC1=C1C=CCC3=C1c1ccccc13)C1CCCC12. The summed E-state index contributed by atoms with van der Waals surface area (Å²) in [5, 5.41) is 9.54. The molecule has 1 aromatic rings. The Balaban J connectivity index is 1.53. The second-order valence-electron chi connectivity index (χ2n) is 8.52. The van der Waals surface area contributed by atoms with E-state index in [1.807, 2.05) is 0 Å². The molecule has 0 radical (unpaired) electrons. The zero-order valence-corrected chi connectivity index (χ0v) is 14.7. The van der Waals surface area contributed by atoms with Gasteiger partial charge in [-0.25, -0.2) is 4.79 Å². The molecule has 132 valence electrons. The molecule has 3 heteroatoms. The van der Waals surface area contributed by atoms with Crippen LogP contribution in [0.5, 0.6) is 0 Å². The third-order valence-corrected chi connectivity index (χ3v) is 7.61. The van der Waals surface area contributed by atoms with Crippen LogP contribution in [0.25, 0.3) is 11.1 Å². The lowest BCUT2D eigenvalue weighted by Gasteiger charge is -2.40. The molecule has 2 bridgehead atoms. The van der Waals surface area contributed by atoms with Crippen molar-refractivity contribution in [3.63, 3.8) is 0 Å². The van der Waals surface area contributed by atoms with Gasteiger partial charge in [-0.1, -0.05) is 42.8 Å². The van der Waals surface area contributed by atoms with E-state index in [0.29, 0.717) is 17.8 Å². The molecule has 4 atom stereocenters. The lowest BCUT2D eigenvalue weighted by Crippen LogP contribution is -2.41. The maximum Gasteiger partial charge on any atom is 0.506 e. The summed E-state index contributed by atoms with van der Waals surface area (Å²) < 4.78 is 5.77. The largest absolute Gasteiger partial charge is 0.506 e. The number of fused-ring (bicyclic) bond motifs is 8. The Hall–Kier alpha value is -2.29. The molecule has 0 saturated heterocycles. The molecular weight excluding hydrogens is 324 g/mol. The van der Waals surface area contributed by atoms with Crippen LogP contribution in [-0.4, -0.2) is 16.9 Å². The number of rotatable bonds is 1. The molecule has 0 amide bonds. The first-order valence-electron chi connectivity index (χ1n) is 9.84. The summed E-state index contributed by atoms with van der Waals surface area (Å²) in [7, 11) is 0. The number of allylic oxidation sites excluding steroid dienone is 5. The Kier molecular flexibility index (Phi) is 2.80. The van der Waals surface area contributed by atoms with Gasteiger partial charge >= 0.3 is 6.16 Å². The Morgan fingerprint density at radius 3 is 2.88 bits per heavy atom. The second kappa shape index (κ2) is 4.91. The van der Waals surface area contributed by atoms with E-state index in [1.54, 1.807) is 0 Å². The first-order chi connectivity index (χ1) is 12.7. The molecule has 4 unspecified atom stereocenters. The number of hydrogen-bond donors (Lipinski definition) is 1. The highest BCUT2D eigenvalue weighted by Crippen LogP contribution is 2.66. The van der Waals surface area contributed by atoms with Crippen LogP contribution < -0.4 is 0 Å². The summed E-state index contributed by atoms with van der Waals surface area (Å²) >= 11 is 0. The quantitative estimate of drug-likeness (QED) is 0.689. The Morgan fingerprint density at radius 2 is 2.04 bits per heavy atom. The van der Waals surface area contributed by atoms with E-state index in [9.17, 15) is 9.90 Å². The lowest BCUT2D eigenvalue weighted by molar-refractivity contribution is -0.0208. The van der Waals surface area contributed by atoms with Gasteiger partial charge in [0.15, 0.2) is 0 Å². The number of carboxylic acid groups (broad SMARTS) is 1. The van der Waals surface area contributed by atoms with Crippen molar-refractivity contribution in [1.29, 1.82) is 0 Å². The van der Waals surface area contributed by atoms with Gasteiger partial charge in [-0.05, 0) is 77.4 Å². The molecule has 1 aromatic carbocycles. The van der Waals surface area contributed by atoms with E-state index < -0.39 is 11.8 Å². The molecule has 3 saturated carbocycles. The van der Waals surface area contributed by atoms with E-state index >= 15 is 0 Å². The topological polar surface area (TPSA) is 46.5 Å². The van der Waals surface area contributed by atoms with E-state index in [4.69, 9.17) is 4.74 Å². The summed E-state index contributed by atoms with van der Waals surface area (Å²) in [4.78, 5) is 11.6. The van der Waals surface area contributed by atoms with Crippen molar-refractivity contribution >= 4 is 17.3 Å². The Bertz CT molecular complexity index is 935. The van der Waals surface area contributed by atoms with Gasteiger partial charge in [-0.2, -0.15) is 0 Å². The molecule has 0 aliphatic heterocycles. The number of hydrogen-bond acceptors (Lipinski definition) is 2. The molecule has 3 nitrogen and oxygen atoms in total. The predicted octanol–water partition coefficient (Wildman–Crippen LogP) is 5.44. The standard InChI is InChI=1S/C23H22O3/c24-22(25)26-23-12-13(14-7-4-10-19(14)23)11-20(23)18-9-3-8-17-15-5-1-2-6-16(15)21(17)18/h1-3,5-6,9,13-14,19H,4,7-8,10-12H2,(H,24,25). The van der Waals surface area contributed by atoms with E-state index in [1.165, 1.54) is 46.3 Å². The Labute approximate surface area is 153 Å². The van der Waals surface area contributed by atoms with Crippen molar-refractivity contribution in [1.82, 2.24) is 0 Å². The van der Waals surface area contributed by atoms with Crippen LogP contribution in [0.15, 0.2) is 47.6 Å². The van der Waals surface area contributed by atoms with E-state index in [0.717, 1.165) is 25.7 Å². The molecule has 0 heterocycles. The molecule has 0 aromatic heterocycles. The number of benzene rings is 1. The zero-order chi connectivity index (χ0) is 17.5. The van der Waals surface area contributed by atoms with Crippen LogP contribution in [-0.2, 0) is 4.74 Å². The highest BCUT2D eigenvalue weighted by molar-refractivity contribution is 6.12. The summed E-state index contributed by atoms with van der Waals surface area (Å²) in [6.07, 6.45) is 9.81. The summed E-state index contributed by atoms with van der Waals surface area (Å²) in [6.45, 7) is 0. The van der Waals surface area contributed by atoms with Gasteiger partial charge in [0.05, 0.1) is 0 Å². The minimum absolute atomic E-state index is 0.384. The minimum atomic E-state index is -1.11. The third kappa shape index (κ3) is 1.67. The number of ether oxygens (including phenoxy) is 1. The van der Waals surface area contributed by atoms with Crippen molar-refractivity contribution in [2.75, 3.05) is 0 Å². The summed E-state index contributed by atoms with van der Waals surface area (Å²) in [6, 6.07) is 8.60. The monoisotopic (exact) mass is 346 g/mol. The van der Waals surface area contributed by atoms with Gasteiger partial charge in [0, 0.05) is 5.92 Å². The molecule has 5 aliphatic carbocycles.